The van der Waals surface area contributed by atoms with Gasteiger partial charge in [0.25, 0.3) is 11.8 Å². The number of halogens is 2. The van der Waals surface area contributed by atoms with Crippen LogP contribution in [0.25, 0.3) is 0 Å². The van der Waals surface area contributed by atoms with E-state index in [0.29, 0.717) is 23.7 Å². The standard InChI is InChI=1S/C13H13IN4O4.C10H12IN3O/c14-9-5-7(1-2-8(9)6-17-13(15)16)12(21)22-18-10(19)3-4-11(18)20;1-6(15)7-2-3-8(9(11)4-7)5-14-10(12)13/h1-2,5H,3-4,6H2,(H4,15,16,17);2-4H,5H2,1H3,(H4,12,13,14)/i14+4;11+4. The monoisotopic (exact) mass is 741 g/mol. The van der Waals surface area contributed by atoms with E-state index in [2.05, 4.69) is 32.6 Å². The minimum Gasteiger partial charge on any atom is -0.370 e. The summed E-state index contributed by atoms with van der Waals surface area (Å²) >= 11 is 4.20. The van der Waals surface area contributed by atoms with Gasteiger partial charge in [-0.3, -0.25) is 14.4 Å². The quantitative estimate of drug-likeness (QED) is 0.107. The molecule has 1 aliphatic heterocycles. The normalized spacial score (nSPS) is 12.4. The van der Waals surface area contributed by atoms with Gasteiger partial charge in [0.1, 0.15) is 0 Å². The van der Waals surface area contributed by atoms with Gasteiger partial charge in [0.2, 0.25) is 0 Å². The first-order valence-corrected chi connectivity index (χ1v) is 12.8. The fourth-order valence-corrected chi connectivity index (χ4v) is 4.22. The Labute approximate surface area is 240 Å². The fraction of sp³-hybridized carbons (Fsp3) is 0.217. The number of benzene rings is 2. The van der Waals surface area contributed by atoms with Gasteiger partial charge in [0.15, 0.2) is 17.7 Å². The molecule has 2 amide bonds. The van der Waals surface area contributed by atoms with Crippen molar-refractivity contribution < 1.29 is 24.0 Å². The molecule has 0 spiro atoms. The van der Waals surface area contributed by atoms with Gasteiger partial charge in [-0.2, -0.15) is 0 Å². The Morgan fingerprint density at radius 3 is 1.68 bits per heavy atom. The van der Waals surface area contributed by atoms with E-state index < -0.39 is 17.8 Å². The van der Waals surface area contributed by atoms with E-state index in [1.54, 1.807) is 25.1 Å². The Kier molecular flexibility index (Phi) is 11.2. The van der Waals surface area contributed by atoms with Gasteiger partial charge in [0, 0.05) is 25.5 Å². The van der Waals surface area contributed by atoms with Crippen molar-refractivity contribution in [2.45, 2.75) is 32.9 Å². The summed E-state index contributed by atoms with van der Waals surface area (Å²) in [7, 11) is 0. The van der Waals surface area contributed by atoms with Crippen molar-refractivity contribution in [3.63, 3.8) is 0 Å². The molecule has 3 rings (SSSR count). The first kappa shape index (κ1) is 29.9. The van der Waals surface area contributed by atoms with Gasteiger partial charge in [-0.25, -0.2) is 14.8 Å². The van der Waals surface area contributed by atoms with Crippen LogP contribution in [-0.4, -0.2) is 40.5 Å². The minimum atomic E-state index is -0.769. The van der Waals surface area contributed by atoms with Gasteiger partial charge in [-0.1, -0.05) is 18.2 Å². The lowest BCUT2D eigenvalue weighted by molar-refractivity contribution is -0.172. The van der Waals surface area contributed by atoms with Gasteiger partial charge in [-0.05, 0) is 81.4 Å². The number of carbonyl (C=O) groups is 4. The Hall–Kier alpha value is -3.28. The third-order valence-electron chi connectivity index (χ3n) is 4.79. The molecule has 0 unspecified atom stereocenters. The Bertz CT molecular complexity index is 1260. The first-order valence-electron chi connectivity index (χ1n) is 10.7. The fourth-order valence-electron chi connectivity index (χ4n) is 2.84. The molecule has 0 saturated carbocycles. The van der Waals surface area contributed by atoms with Gasteiger partial charge < -0.3 is 27.8 Å². The third-order valence-corrected chi connectivity index (χ3v) is 6.80. The summed E-state index contributed by atoms with van der Waals surface area (Å²) < 4.78 is 1.75. The summed E-state index contributed by atoms with van der Waals surface area (Å²) in [5.41, 5.74) is 23.8. The number of aliphatic imine (C=N–C) groups is 2. The molecule has 196 valence electrons. The summed E-state index contributed by atoms with van der Waals surface area (Å²) in [6.07, 6.45) is 0.113. The Morgan fingerprint density at radius 1 is 0.838 bits per heavy atom. The number of imide groups is 1. The van der Waals surface area contributed by atoms with Crippen molar-refractivity contribution >= 4 is 80.7 Å². The molecule has 0 radical (unpaired) electrons. The lowest BCUT2D eigenvalue weighted by Crippen LogP contribution is -2.32. The smallest absolute Gasteiger partial charge is 0.363 e. The Morgan fingerprint density at radius 2 is 1.27 bits per heavy atom. The van der Waals surface area contributed by atoms with E-state index in [1.807, 2.05) is 34.7 Å². The zero-order valence-electron chi connectivity index (χ0n) is 19.7. The summed E-state index contributed by atoms with van der Waals surface area (Å²) in [5, 5.41) is 0.516. The largest absolute Gasteiger partial charge is 0.370 e. The second-order valence-corrected chi connectivity index (χ2v) is 9.94. The van der Waals surface area contributed by atoms with Crippen LogP contribution in [0.15, 0.2) is 46.4 Å². The van der Waals surface area contributed by atoms with Gasteiger partial charge in [-0.15, -0.1) is 5.06 Å². The number of nitrogens with zero attached hydrogens (tertiary/aromatic N) is 3. The van der Waals surface area contributed by atoms with E-state index in [-0.39, 0.29) is 36.1 Å². The van der Waals surface area contributed by atoms with Crippen LogP contribution in [0.5, 0.6) is 0 Å². The van der Waals surface area contributed by atoms with Crippen molar-refractivity contribution in [2.24, 2.45) is 32.9 Å². The van der Waals surface area contributed by atoms with E-state index in [9.17, 15) is 19.2 Å². The van der Waals surface area contributed by atoms with Crippen molar-refractivity contribution in [3.8, 4) is 0 Å². The average molecular weight is 741 g/mol. The highest BCUT2D eigenvalue weighted by Gasteiger charge is 2.33. The number of amides is 2. The second kappa shape index (κ2) is 13.9. The number of hydroxylamine groups is 2. The number of ketones is 1. The molecule has 37 heavy (non-hydrogen) atoms. The number of Topliss-reactive ketones (excluding diaryl/α,β-unsaturated/α-hetero) is 1. The minimum absolute atomic E-state index is 0.0228. The average Bonchev–Trinajstić information content (AvgIpc) is 3.14. The second-order valence-electron chi connectivity index (χ2n) is 7.61. The molecule has 1 fully saturated rings. The maximum absolute atomic E-state index is 12.0. The molecule has 0 aromatic heterocycles. The zero-order chi connectivity index (χ0) is 27.7. The summed E-state index contributed by atoms with van der Waals surface area (Å²) in [4.78, 5) is 58.5. The van der Waals surface area contributed by atoms with Crippen LogP contribution in [0.2, 0.25) is 0 Å². The molecular weight excluding hydrogens is 716 g/mol. The predicted octanol–water partition coefficient (Wildman–Crippen LogP) is 1.55. The van der Waals surface area contributed by atoms with Gasteiger partial charge in [0.05, 0.1) is 18.7 Å². The number of nitrogens with two attached hydrogens (primary N) is 4. The molecule has 2 aromatic rings. The summed E-state index contributed by atoms with van der Waals surface area (Å²) in [5.74, 6) is -1.70. The molecule has 0 atom stereocenters. The molecule has 0 bridgehead atoms. The molecule has 12 nitrogen and oxygen atoms in total. The summed E-state index contributed by atoms with van der Waals surface area (Å²) in [6.45, 7) is 2.28. The number of guanidine groups is 2. The van der Waals surface area contributed by atoms with Crippen molar-refractivity contribution in [1.29, 1.82) is 0 Å². The van der Waals surface area contributed by atoms with E-state index in [0.717, 1.165) is 18.3 Å². The summed E-state index contributed by atoms with van der Waals surface area (Å²) in [6, 6.07) is 10.3. The molecule has 1 saturated heterocycles. The molecule has 8 N–H and O–H groups in total. The Balaban J connectivity index is 0.000000281. The maximum Gasteiger partial charge on any atom is 0.363 e. The molecular formula is C23H25I2N7O5. The molecule has 1 aliphatic rings. The number of carbonyl (C=O) groups excluding carboxylic acids is 4. The van der Waals surface area contributed by atoms with Crippen LogP contribution < -0.4 is 22.9 Å². The van der Waals surface area contributed by atoms with Crippen LogP contribution in [-0.2, 0) is 27.5 Å². The number of rotatable bonds is 7. The molecule has 14 heteroatoms. The highest BCUT2D eigenvalue weighted by Crippen LogP contribution is 2.19. The van der Waals surface area contributed by atoms with E-state index in [4.69, 9.17) is 27.8 Å². The molecule has 1 heterocycles. The molecule has 0 aliphatic carbocycles. The SMILES string of the molecule is CC(=O)c1ccc(CN=C(N)N)c([131I])c1.NC(N)=NCc1ccc(C(=O)ON2C(=O)CCC2=O)cc1[131I]. The van der Waals surface area contributed by atoms with E-state index in [1.165, 1.54) is 6.07 Å². The topological polar surface area (TPSA) is 210 Å². The highest BCUT2D eigenvalue weighted by molar-refractivity contribution is 14.1. The van der Waals surface area contributed by atoms with Crippen molar-refractivity contribution in [2.75, 3.05) is 0 Å². The number of hydrogen-bond acceptors (Lipinski definition) is 7. The van der Waals surface area contributed by atoms with Crippen LogP contribution in [0, 0.1) is 7.14 Å². The first-order chi connectivity index (χ1) is 17.4. The maximum atomic E-state index is 12.0. The van der Waals surface area contributed by atoms with Gasteiger partial charge >= 0.3 is 5.97 Å². The number of hydrogen-bond donors (Lipinski definition) is 4. The predicted molar refractivity (Wildman–Crippen MR) is 154 cm³/mol. The third kappa shape index (κ3) is 9.27. The van der Waals surface area contributed by atoms with E-state index >= 15 is 0 Å². The van der Waals surface area contributed by atoms with Crippen LogP contribution in [0.4, 0.5) is 0 Å². The zero-order valence-corrected chi connectivity index (χ0v) is 24.1. The lowest BCUT2D eigenvalue weighted by atomic mass is 10.1. The van der Waals surface area contributed by atoms with Crippen LogP contribution in [0.1, 0.15) is 51.6 Å². The highest BCUT2D eigenvalue weighted by atomic mass is 131. The molecule has 2 aromatic carbocycles. The van der Waals surface area contributed by atoms with Crippen LogP contribution >= 0.6 is 45.2 Å². The van der Waals surface area contributed by atoms with Crippen LogP contribution in [0.3, 0.4) is 0 Å². The van der Waals surface area contributed by atoms with Crippen molar-refractivity contribution in [3.05, 3.63) is 65.8 Å². The van der Waals surface area contributed by atoms with Crippen molar-refractivity contribution in [1.82, 2.24) is 5.06 Å². The lowest BCUT2D eigenvalue weighted by Gasteiger charge is -2.13.